The number of phenolic OH excluding ortho intramolecular Hbond substituents is 1. The number of carbonyl (C=O) groups excluding carboxylic acids is 1. The molecule has 0 aliphatic carbocycles. The van der Waals surface area contributed by atoms with Crippen molar-refractivity contribution in [3.63, 3.8) is 0 Å². The van der Waals surface area contributed by atoms with Crippen molar-refractivity contribution in [3.8, 4) is 5.75 Å². The third-order valence-electron chi connectivity index (χ3n) is 3.36. The second-order valence-corrected chi connectivity index (χ2v) is 7.58. The van der Waals surface area contributed by atoms with E-state index in [0.717, 1.165) is 23.3 Å². The Bertz CT molecular complexity index is 611. The van der Waals surface area contributed by atoms with Crippen molar-refractivity contribution in [2.75, 3.05) is 5.32 Å². The first-order chi connectivity index (χ1) is 10.3. The van der Waals surface area contributed by atoms with Crippen LogP contribution in [0.3, 0.4) is 0 Å². The zero-order valence-electron chi connectivity index (χ0n) is 14.5. The second kappa shape index (κ2) is 6.44. The molecule has 5 nitrogen and oxygen atoms in total. The highest BCUT2D eigenvalue weighted by molar-refractivity contribution is 6.03. The molecule has 0 saturated heterocycles. The summed E-state index contributed by atoms with van der Waals surface area (Å²) in [4.78, 5) is 22.6. The monoisotopic (exact) mass is 319 g/mol. The molecule has 23 heavy (non-hydrogen) atoms. The summed E-state index contributed by atoms with van der Waals surface area (Å²) in [6.45, 7) is 11.9. The minimum absolute atomic E-state index is 0.138. The molecular formula is C18H25NO4. The van der Waals surface area contributed by atoms with E-state index in [2.05, 4.69) is 5.32 Å². The van der Waals surface area contributed by atoms with Crippen LogP contribution in [0, 0.1) is 0 Å². The molecule has 0 bridgehead atoms. The van der Waals surface area contributed by atoms with Gasteiger partial charge in [-0.1, -0.05) is 41.5 Å². The van der Waals surface area contributed by atoms with Gasteiger partial charge in [-0.15, -0.1) is 0 Å². The van der Waals surface area contributed by atoms with Gasteiger partial charge in [-0.3, -0.25) is 4.79 Å². The number of anilines is 1. The highest BCUT2D eigenvalue weighted by Crippen LogP contribution is 2.40. The standard InChI is InChI=1S/C18H25NO4/c1-17(2,3)12-9-11(20)10-13(18(4,5)6)16(12)19-14(21)7-8-15(22)23/h7-10,20H,1-6H3,(H,19,21)(H,22,23)/b8-7-. The minimum atomic E-state index is -1.18. The van der Waals surface area contributed by atoms with Crippen molar-refractivity contribution in [2.45, 2.75) is 52.4 Å². The van der Waals surface area contributed by atoms with Crippen LogP contribution in [-0.2, 0) is 20.4 Å². The first-order valence-corrected chi connectivity index (χ1v) is 7.42. The average Bonchev–Trinajstić information content (AvgIpc) is 2.35. The highest BCUT2D eigenvalue weighted by Gasteiger charge is 2.27. The summed E-state index contributed by atoms with van der Waals surface area (Å²) in [5.74, 6) is -1.56. The molecule has 0 atom stereocenters. The van der Waals surface area contributed by atoms with E-state index in [-0.39, 0.29) is 16.6 Å². The van der Waals surface area contributed by atoms with Gasteiger partial charge in [0.05, 0.1) is 0 Å². The number of carbonyl (C=O) groups is 2. The van der Waals surface area contributed by atoms with Gasteiger partial charge in [-0.25, -0.2) is 4.79 Å². The summed E-state index contributed by atoms with van der Waals surface area (Å²) in [6.07, 6.45) is 1.78. The number of aromatic hydroxyl groups is 1. The van der Waals surface area contributed by atoms with E-state index in [1.54, 1.807) is 12.1 Å². The topological polar surface area (TPSA) is 86.6 Å². The highest BCUT2D eigenvalue weighted by atomic mass is 16.4. The Hall–Kier alpha value is -2.30. The Kier molecular flexibility index (Phi) is 5.25. The van der Waals surface area contributed by atoms with E-state index in [4.69, 9.17) is 5.11 Å². The Labute approximate surface area is 137 Å². The van der Waals surface area contributed by atoms with Crippen LogP contribution in [0.2, 0.25) is 0 Å². The second-order valence-electron chi connectivity index (χ2n) is 7.58. The zero-order chi connectivity index (χ0) is 18.0. The van der Waals surface area contributed by atoms with Gasteiger partial charge in [0.1, 0.15) is 5.75 Å². The zero-order valence-corrected chi connectivity index (χ0v) is 14.5. The largest absolute Gasteiger partial charge is 0.508 e. The number of phenols is 1. The summed E-state index contributed by atoms with van der Waals surface area (Å²) in [5.41, 5.74) is 1.58. The SMILES string of the molecule is CC(C)(C)c1cc(O)cc(C(C)(C)C)c1NC(=O)/C=C\C(=O)O. The van der Waals surface area contributed by atoms with Crippen molar-refractivity contribution in [1.29, 1.82) is 0 Å². The number of rotatable bonds is 3. The van der Waals surface area contributed by atoms with Crippen molar-refractivity contribution >= 4 is 17.6 Å². The van der Waals surface area contributed by atoms with Gasteiger partial charge >= 0.3 is 5.97 Å². The molecule has 1 aromatic rings. The van der Waals surface area contributed by atoms with E-state index in [9.17, 15) is 14.7 Å². The van der Waals surface area contributed by atoms with E-state index < -0.39 is 11.9 Å². The molecule has 1 rings (SSSR count). The van der Waals surface area contributed by atoms with E-state index in [0.29, 0.717) is 5.69 Å². The number of amides is 1. The lowest BCUT2D eigenvalue weighted by Gasteiger charge is -2.30. The van der Waals surface area contributed by atoms with Crippen LogP contribution in [0.4, 0.5) is 5.69 Å². The normalized spacial score (nSPS) is 12.4. The fourth-order valence-electron chi connectivity index (χ4n) is 2.26. The minimum Gasteiger partial charge on any atom is -0.508 e. The van der Waals surface area contributed by atoms with Crippen molar-refractivity contribution < 1.29 is 19.8 Å². The Morgan fingerprint density at radius 3 is 1.74 bits per heavy atom. The lowest BCUT2D eigenvalue weighted by molar-refractivity contribution is -0.131. The van der Waals surface area contributed by atoms with Crippen molar-refractivity contribution in [1.82, 2.24) is 0 Å². The van der Waals surface area contributed by atoms with Gasteiger partial charge in [-0.2, -0.15) is 0 Å². The van der Waals surface area contributed by atoms with Gasteiger partial charge in [0, 0.05) is 17.8 Å². The van der Waals surface area contributed by atoms with Crippen LogP contribution in [0.25, 0.3) is 0 Å². The molecule has 0 fully saturated rings. The Balaban J connectivity index is 3.47. The Morgan fingerprint density at radius 2 is 1.39 bits per heavy atom. The van der Waals surface area contributed by atoms with Crippen LogP contribution in [0.15, 0.2) is 24.3 Å². The lowest BCUT2D eigenvalue weighted by Crippen LogP contribution is -2.23. The number of carboxylic acids is 1. The third kappa shape index (κ3) is 5.13. The number of carboxylic acid groups (broad SMARTS) is 1. The summed E-state index contributed by atoms with van der Waals surface area (Å²) in [7, 11) is 0. The molecule has 126 valence electrons. The summed E-state index contributed by atoms with van der Waals surface area (Å²) >= 11 is 0. The first-order valence-electron chi connectivity index (χ1n) is 7.42. The molecule has 0 spiro atoms. The molecule has 0 aliphatic heterocycles. The van der Waals surface area contributed by atoms with Gasteiger partial charge in [0.25, 0.3) is 0 Å². The Morgan fingerprint density at radius 1 is 0.957 bits per heavy atom. The van der Waals surface area contributed by atoms with Gasteiger partial charge < -0.3 is 15.5 Å². The summed E-state index contributed by atoms with van der Waals surface area (Å²) in [6, 6.07) is 3.26. The van der Waals surface area contributed by atoms with Crippen LogP contribution in [0.5, 0.6) is 5.75 Å². The smallest absolute Gasteiger partial charge is 0.328 e. The molecule has 0 radical (unpaired) electrons. The van der Waals surface area contributed by atoms with Crippen molar-refractivity contribution in [3.05, 3.63) is 35.4 Å². The fourth-order valence-corrected chi connectivity index (χ4v) is 2.26. The quantitative estimate of drug-likeness (QED) is 0.587. The maximum atomic E-state index is 12.0. The number of aliphatic carboxylic acids is 1. The maximum absolute atomic E-state index is 12.0. The van der Waals surface area contributed by atoms with Gasteiger partial charge in [0.15, 0.2) is 0 Å². The van der Waals surface area contributed by atoms with Crippen molar-refractivity contribution in [2.24, 2.45) is 0 Å². The van der Waals surface area contributed by atoms with E-state index in [1.165, 1.54) is 0 Å². The average molecular weight is 319 g/mol. The lowest BCUT2D eigenvalue weighted by atomic mass is 9.78. The molecular weight excluding hydrogens is 294 g/mol. The number of hydrogen-bond acceptors (Lipinski definition) is 3. The van der Waals surface area contributed by atoms with Crippen LogP contribution < -0.4 is 5.32 Å². The number of benzene rings is 1. The molecule has 0 aliphatic rings. The van der Waals surface area contributed by atoms with Crippen LogP contribution in [-0.4, -0.2) is 22.1 Å². The van der Waals surface area contributed by atoms with E-state index >= 15 is 0 Å². The molecule has 0 unspecified atom stereocenters. The van der Waals surface area contributed by atoms with E-state index in [1.807, 2.05) is 41.5 Å². The molecule has 1 aromatic carbocycles. The summed E-state index contributed by atoms with van der Waals surface area (Å²) < 4.78 is 0. The van der Waals surface area contributed by atoms with Crippen LogP contribution in [0.1, 0.15) is 52.7 Å². The van der Waals surface area contributed by atoms with Crippen LogP contribution >= 0.6 is 0 Å². The predicted octanol–water partition coefficient (Wildman–Crippen LogP) is 3.57. The molecule has 0 heterocycles. The fraction of sp³-hybridized carbons (Fsp3) is 0.444. The molecule has 1 amide bonds. The number of nitrogens with one attached hydrogen (secondary N) is 1. The first kappa shape index (κ1) is 18.7. The van der Waals surface area contributed by atoms with Gasteiger partial charge in [0.2, 0.25) is 5.91 Å². The molecule has 3 N–H and O–H groups in total. The molecule has 5 heteroatoms. The maximum Gasteiger partial charge on any atom is 0.328 e. The number of hydrogen-bond donors (Lipinski definition) is 3. The van der Waals surface area contributed by atoms with Gasteiger partial charge in [-0.05, 0) is 34.1 Å². The molecule has 0 saturated carbocycles. The third-order valence-corrected chi connectivity index (χ3v) is 3.36. The molecule has 0 aromatic heterocycles. The predicted molar refractivity (Wildman–Crippen MR) is 90.9 cm³/mol. The summed E-state index contributed by atoms with van der Waals surface area (Å²) in [5, 5.41) is 21.5.